The molecule has 5 fully saturated rings. The lowest BCUT2D eigenvalue weighted by molar-refractivity contribution is -0.536. The molecule has 0 spiro atoms. The maximum absolute atomic E-state index is 15.8. The topological polar surface area (TPSA) is 179 Å². The zero-order chi connectivity index (χ0) is 33.9. The van der Waals surface area contributed by atoms with Gasteiger partial charge in [-0.25, -0.2) is 22.6 Å². The summed E-state index contributed by atoms with van der Waals surface area (Å²) in [6.45, 7) is 5.10. The van der Waals surface area contributed by atoms with Crippen molar-refractivity contribution in [2.75, 3.05) is 26.0 Å². The van der Waals surface area contributed by atoms with E-state index in [1.165, 1.54) is 18.7 Å². The first-order valence-corrected chi connectivity index (χ1v) is 19.6. The number of alkyl halides is 2. The SMILES string of the molecule is COC1C(NC2CC(C)NN2)NC(SC2CCC(S(=O)(=O)CC3CCCC([N+](=O)[O-])C3F)CC2F)NC1N1CCC(NC(C)=O)CC1. The summed E-state index contributed by atoms with van der Waals surface area (Å²) in [5.74, 6) is -1.46. The Morgan fingerprint density at radius 3 is 2.45 bits per heavy atom. The number of sulfone groups is 1. The molecule has 270 valence electrons. The molecule has 3 aliphatic heterocycles. The Morgan fingerprint density at radius 1 is 1.09 bits per heavy atom. The van der Waals surface area contributed by atoms with Crippen LogP contribution in [0.15, 0.2) is 0 Å². The fourth-order valence-corrected chi connectivity index (χ4v) is 11.5. The van der Waals surface area contributed by atoms with Gasteiger partial charge < -0.3 is 10.1 Å². The Morgan fingerprint density at radius 2 is 1.83 bits per heavy atom. The molecule has 14 nitrogen and oxygen atoms in total. The fraction of sp³-hybridized carbons (Fsp3) is 0.966. The third-order valence-corrected chi connectivity index (χ3v) is 14.2. The standard InChI is InChI=1S/C29H52F2N8O6S2/c1-16-13-24(37-36-16)33-27-26(45-3)28(38-11-9-19(10-12-38)32-17(2)40)35-29(34-27)46-23-8-7-20(14-21(23)30)47(43,44)15-18-5-4-6-22(25(18)31)39(41)42/h16,18-29,33-37H,4-15H2,1-3H3,(H,32,40). The van der Waals surface area contributed by atoms with E-state index in [4.69, 9.17) is 4.74 Å². The number of halogens is 2. The predicted molar refractivity (Wildman–Crippen MR) is 175 cm³/mol. The summed E-state index contributed by atoms with van der Waals surface area (Å²) in [5, 5.41) is 23.7. The van der Waals surface area contributed by atoms with Gasteiger partial charge in [0, 0.05) is 61.7 Å². The summed E-state index contributed by atoms with van der Waals surface area (Å²) in [6, 6.07) is -0.984. The van der Waals surface area contributed by atoms with Gasteiger partial charge in [-0.2, -0.15) is 0 Å². The second-order valence-electron chi connectivity index (χ2n) is 13.9. The molecule has 6 N–H and O–H groups in total. The van der Waals surface area contributed by atoms with Gasteiger partial charge in [-0.05, 0) is 58.3 Å². The number of methoxy groups -OCH3 is 1. The number of carbonyl (C=O) groups excluding carboxylic acids is 1. The van der Waals surface area contributed by atoms with Gasteiger partial charge in [-0.1, -0.05) is 0 Å². The molecule has 3 heterocycles. The van der Waals surface area contributed by atoms with Crippen molar-refractivity contribution in [3.05, 3.63) is 10.1 Å². The van der Waals surface area contributed by atoms with Crippen LogP contribution in [0.1, 0.15) is 71.6 Å². The summed E-state index contributed by atoms with van der Waals surface area (Å²) >= 11 is 1.41. The number of hydrogen-bond acceptors (Lipinski definition) is 13. The van der Waals surface area contributed by atoms with Crippen LogP contribution in [0.4, 0.5) is 8.78 Å². The van der Waals surface area contributed by atoms with Gasteiger partial charge >= 0.3 is 0 Å². The fourth-order valence-electron chi connectivity index (χ4n) is 7.95. The van der Waals surface area contributed by atoms with Crippen LogP contribution in [0.2, 0.25) is 0 Å². The first kappa shape index (κ1) is 37.0. The number of carbonyl (C=O) groups is 1. The smallest absolute Gasteiger partial charge is 0.244 e. The Kier molecular flexibility index (Phi) is 12.7. The lowest BCUT2D eigenvalue weighted by Crippen LogP contribution is -2.75. The van der Waals surface area contributed by atoms with Crippen molar-refractivity contribution in [1.82, 2.24) is 37.0 Å². The van der Waals surface area contributed by atoms with Crippen LogP contribution in [0.3, 0.4) is 0 Å². The molecule has 18 heteroatoms. The molecule has 0 aromatic heterocycles. The molecule has 5 aliphatic rings. The number of hydrazine groups is 1. The van der Waals surface area contributed by atoms with E-state index >= 15 is 4.39 Å². The molecule has 0 bridgehead atoms. The van der Waals surface area contributed by atoms with Crippen molar-refractivity contribution in [1.29, 1.82) is 0 Å². The molecule has 12 atom stereocenters. The molecule has 2 saturated carbocycles. The minimum absolute atomic E-state index is 0.0154. The highest BCUT2D eigenvalue weighted by Gasteiger charge is 2.47. The highest BCUT2D eigenvalue weighted by atomic mass is 32.2. The molecule has 1 amide bonds. The van der Waals surface area contributed by atoms with E-state index < -0.39 is 55.3 Å². The second-order valence-corrected chi connectivity index (χ2v) is 17.6. The van der Waals surface area contributed by atoms with Gasteiger partial charge in [0.25, 0.3) is 0 Å². The normalized spacial score (nSPS) is 41.0. The third kappa shape index (κ3) is 9.31. The Balaban J connectivity index is 1.22. The summed E-state index contributed by atoms with van der Waals surface area (Å²) < 4.78 is 63.4. The van der Waals surface area contributed by atoms with Crippen LogP contribution in [0, 0.1) is 16.0 Å². The summed E-state index contributed by atoms with van der Waals surface area (Å²) in [4.78, 5) is 24.5. The van der Waals surface area contributed by atoms with E-state index in [-0.39, 0.29) is 73.8 Å². The van der Waals surface area contributed by atoms with Crippen LogP contribution in [0.5, 0.6) is 0 Å². The predicted octanol–water partition coefficient (Wildman–Crippen LogP) is 0.723. The highest BCUT2D eigenvalue weighted by Crippen LogP contribution is 2.38. The number of likely N-dealkylation sites (tertiary alicyclic amines) is 1. The summed E-state index contributed by atoms with van der Waals surface area (Å²) in [5.41, 5.74) is 6.13. The molecule has 5 rings (SSSR count). The van der Waals surface area contributed by atoms with E-state index in [9.17, 15) is 27.7 Å². The number of amides is 1. The van der Waals surface area contributed by atoms with Crippen LogP contribution in [-0.2, 0) is 19.4 Å². The average molecular weight is 711 g/mol. The van der Waals surface area contributed by atoms with Crippen molar-refractivity contribution < 1.29 is 31.7 Å². The molecule has 2 aliphatic carbocycles. The van der Waals surface area contributed by atoms with Crippen LogP contribution in [-0.4, -0.2) is 121 Å². The number of nitrogens with zero attached hydrogens (tertiary/aromatic N) is 2. The first-order valence-electron chi connectivity index (χ1n) is 17.0. The number of piperidine rings is 1. The maximum Gasteiger partial charge on any atom is 0.244 e. The van der Waals surface area contributed by atoms with Gasteiger partial charge in [0.2, 0.25) is 11.9 Å². The molecule has 12 unspecified atom stereocenters. The summed E-state index contributed by atoms with van der Waals surface area (Å²) in [6.07, 6.45) is -0.352. The zero-order valence-electron chi connectivity index (χ0n) is 27.4. The van der Waals surface area contributed by atoms with Crippen LogP contribution >= 0.6 is 11.8 Å². The molecule has 0 aromatic carbocycles. The molecule has 0 radical (unpaired) electrons. The largest absolute Gasteiger partial charge is 0.375 e. The van der Waals surface area contributed by atoms with Crippen molar-refractivity contribution >= 4 is 27.5 Å². The van der Waals surface area contributed by atoms with E-state index in [0.717, 1.165) is 32.4 Å². The van der Waals surface area contributed by atoms with Gasteiger partial charge in [-0.3, -0.25) is 41.2 Å². The van der Waals surface area contributed by atoms with Crippen LogP contribution < -0.4 is 32.1 Å². The van der Waals surface area contributed by atoms with Gasteiger partial charge in [0.15, 0.2) is 16.0 Å². The Hall–Kier alpha value is -1.25. The van der Waals surface area contributed by atoms with Gasteiger partial charge in [-0.15, -0.1) is 11.8 Å². The number of thioether (sulfide) groups is 1. The summed E-state index contributed by atoms with van der Waals surface area (Å²) in [7, 11) is -2.17. The number of rotatable bonds is 11. The van der Waals surface area contributed by atoms with E-state index in [0.29, 0.717) is 12.8 Å². The van der Waals surface area contributed by atoms with Crippen LogP contribution in [0.25, 0.3) is 0 Å². The Bertz CT molecular complexity index is 1190. The quantitative estimate of drug-likeness (QED) is 0.131. The minimum atomic E-state index is -3.84. The average Bonchev–Trinajstić information content (AvgIpc) is 3.43. The zero-order valence-corrected chi connectivity index (χ0v) is 29.0. The molecule has 47 heavy (non-hydrogen) atoms. The van der Waals surface area contributed by atoms with E-state index in [1.54, 1.807) is 7.11 Å². The molecular formula is C29H52F2N8O6S2. The third-order valence-electron chi connectivity index (χ3n) is 10.5. The molecule has 0 aromatic rings. The van der Waals surface area contributed by atoms with E-state index in [2.05, 4.69) is 43.9 Å². The molecule has 3 saturated heterocycles. The van der Waals surface area contributed by atoms with Crippen molar-refractivity contribution in [3.8, 4) is 0 Å². The number of nitrogens with one attached hydrogen (secondary N) is 6. The van der Waals surface area contributed by atoms with E-state index in [1.807, 2.05) is 0 Å². The van der Waals surface area contributed by atoms with Gasteiger partial charge in [0.05, 0.1) is 29.5 Å². The first-order chi connectivity index (χ1) is 22.3. The monoisotopic (exact) mass is 710 g/mol. The maximum atomic E-state index is 15.8. The van der Waals surface area contributed by atoms with Crippen molar-refractivity contribution in [2.24, 2.45) is 5.92 Å². The number of nitro groups is 1. The lowest BCUT2D eigenvalue weighted by atomic mass is 9.85. The van der Waals surface area contributed by atoms with Crippen molar-refractivity contribution in [3.63, 3.8) is 0 Å². The Labute approximate surface area is 280 Å². The number of ether oxygens (including phenoxy) is 1. The lowest BCUT2D eigenvalue weighted by Gasteiger charge is -2.50. The minimum Gasteiger partial charge on any atom is -0.375 e. The number of hydrogen-bond donors (Lipinski definition) is 6. The highest BCUT2D eigenvalue weighted by molar-refractivity contribution is 8.00. The molecular weight excluding hydrogens is 658 g/mol. The second kappa shape index (κ2) is 16.2. The van der Waals surface area contributed by atoms with Crippen molar-refractivity contribution in [2.45, 2.75) is 143 Å². The van der Waals surface area contributed by atoms with Gasteiger partial charge in [0.1, 0.15) is 17.8 Å².